The lowest BCUT2D eigenvalue weighted by Gasteiger charge is -2.22. The highest BCUT2D eigenvalue weighted by molar-refractivity contribution is 7.18. The maximum Gasteiger partial charge on any atom is 0.251 e. The molecule has 19 heteroatoms. The lowest BCUT2D eigenvalue weighted by atomic mass is 10.2. The van der Waals surface area contributed by atoms with E-state index in [1.54, 1.807) is 41.7 Å². The Morgan fingerprint density at radius 1 is 0.492 bits per heavy atom. The predicted molar refractivity (Wildman–Crippen MR) is 242 cm³/mol. The number of amides is 2. The Balaban J connectivity index is 0.976. The van der Waals surface area contributed by atoms with Crippen LogP contribution >= 0.6 is 22.7 Å². The molecule has 2 amide bonds. The van der Waals surface area contributed by atoms with E-state index in [0.717, 1.165) is 30.4 Å². The molecule has 0 bridgehead atoms. The molecule has 17 nitrogen and oxygen atoms in total. The van der Waals surface area contributed by atoms with Crippen LogP contribution in [-0.4, -0.2) is 184 Å². The molecule has 0 saturated carbocycles. The molecule has 0 atom stereocenters. The number of aryl methyl sites for hydroxylation is 2. The Bertz CT molecular complexity index is 1780. The third kappa shape index (κ3) is 22.8. The average molecular weight is 920 g/mol. The summed E-state index contributed by atoms with van der Waals surface area (Å²) in [5.41, 5.74) is 3.02. The zero-order valence-electron chi connectivity index (χ0n) is 37.0. The molecule has 4 rings (SSSR count). The van der Waals surface area contributed by atoms with Crippen molar-refractivity contribution in [1.29, 1.82) is 0 Å². The van der Waals surface area contributed by atoms with E-state index >= 15 is 0 Å². The number of aromatic nitrogens is 2. The summed E-state index contributed by atoms with van der Waals surface area (Å²) in [4.78, 5) is 47.0. The van der Waals surface area contributed by atoms with Gasteiger partial charge in [-0.3, -0.25) is 19.3 Å². The number of hydrogen-bond donors (Lipinski definition) is 2. The topological polar surface area (TPSA) is 187 Å². The minimum atomic E-state index is -0.137. The monoisotopic (exact) mass is 919 g/mol. The SMILES string of the molecule is CC(=O)CCOCCOCCOCCN(CCOCCOCCOCCNC(=O)c1ccc2nc(C)sc2c1)CCOCCOCCOCCNC(=O)c1ccc2nc(C)sc2c1. The van der Waals surface area contributed by atoms with Gasteiger partial charge in [0, 0.05) is 50.3 Å². The lowest BCUT2D eigenvalue weighted by molar-refractivity contribution is -0.118. The molecule has 0 aliphatic rings. The molecular formula is C44H65N5O12S2. The number of carbonyl (C=O) groups excluding carboxylic acids is 3. The van der Waals surface area contributed by atoms with Crippen LogP contribution in [0.2, 0.25) is 0 Å². The van der Waals surface area contributed by atoms with Gasteiger partial charge in [-0.05, 0) is 57.2 Å². The first-order valence-electron chi connectivity index (χ1n) is 21.5. The number of hydrogen-bond acceptors (Lipinski definition) is 17. The van der Waals surface area contributed by atoms with Gasteiger partial charge < -0.3 is 53.3 Å². The van der Waals surface area contributed by atoms with Crippen LogP contribution in [0.1, 0.15) is 44.1 Å². The van der Waals surface area contributed by atoms with E-state index in [9.17, 15) is 14.4 Å². The highest BCUT2D eigenvalue weighted by Gasteiger charge is 2.10. The van der Waals surface area contributed by atoms with E-state index in [1.165, 1.54) is 0 Å². The van der Waals surface area contributed by atoms with Gasteiger partial charge in [0.2, 0.25) is 0 Å². The number of nitrogens with one attached hydrogen (secondary N) is 2. The number of Topliss-reactive ketones (excluding diaryl/α,β-unsaturated/α-hetero) is 1. The Kier molecular flexibility index (Phi) is 26.6. The number of fused-ring (bicyclic) bond motifs is 2. The molecule has 0 saturated heterocycles. The first-order valence-corrected chi connectivity index (χ1v) is 23.1. The molecule has 2 heterocycles. The highest BCUT2D eigenvalue weighted by atomic mass is 32.1. The standard InChI is InChI=1S/C44H65N5O12S2/c1-34(50)8-14-53-20-26-59-29-23-56-17-11-49(12-18-57-24-30-60-27-21-54-15-9-45-43(51)37-4-6-39-41(32-37)62-35(2)47-39)13-19-58-25-31-61-28-22-55-16-10-46-44(52)38-5-7-40-42(33-38)63-36(3)48-40/h4-7,32-33H,8-31H2,1-3H3,(H,45,51)(H,46,52). The number of carbonyl (C=O) groups is 3. The van der Waals surface area contributed by atoms with Crippen molar-refractivity contribution in [2.24, 2.45) is 0 Å². The molecule has 0 unspecified atom stereocenters. The Labute approximate surface area is 378 Å². The fraction of sp³-hybridized carbons (Fsp3) is 0.614. The zero-order chi connectivity index (χ0) is 44.7. The second-order valence-corrected chi connectivity index (χ2v) is 16.6. The molecule has 2 N–H and O–H groups in total. The van der Waals surface area contributed by atoms with Gasteiger partial charge in [-0.25, -0.2) is 9.97 Å². The fourth-order valence-electron chi connectivity index (χ4n) is 5.80. The van der Waals surface area contributed by atoms with Crippen molar-refractivity contribution in [1.82, 2.24) is 25.5 Å². The molecule has 0 fully saturated rings. The summed E-state index contributed by atoms with van der Waals surface area (Å²) in [6, 6.07) is 11.0. The molecule has 2 aromatic carbocycles. The summed E-state index contributed by atoms with van der Waals surface area (Å²) in [6.07, 6.45) is 0.415. The molecule has 0 spiro atoms. The number of ketones is 1. The van der Waals surface area contributed by atoms with E-state index in [2.05, 4.69) is 25.5 Å². The molecule has 0 aliphatic carbocycles. The molecule has 4 aromatic rings. The van der Waals surface area contributed by atoms with Crippen LogP contribution in [0.25, 0.3) is 20.4 Å². The summed E-state index contributed by atoms with van der Waals surface area (Å²) in [6.45, 7) is 16.5. The van der Waals surface area contributed by atoms with Crippen molar-refractivity contribution >= 4 is 60.7 Å². The van der Waals surface area contributed by atoms with Gasteiger partial charge in [0.15, 0.2) is 0 Å². The Hall–Kier alpha value is -3.57. The van der Waals surface area contributed by atoms with Gasteiger partial charge in [-0.2, -0.15) is 0 Å². The predicted octanol–water partition coefficient (Wildman–Crippen LogP) is 4.11. The Morgan fingerprint density at radius 2 is 0.825 bits per heavy atom. The van der Waals surface area contributed by atoms with Crippen molar-refractivity contribution in [2.75, 3.05) is 152 Å². The molecular weight excluding hydrogens is 855 g/mol. The molecule has 63 heavy (non-hydrogen) atoms. The van der Waals surface area contributed by atoms with Gasteiger partial charge in [-0.1, -0.05) is 0 Å². The first-order chi connectivity index (χ1) is 30.8. The average Bonchev–Trinajstić information content (AvgIpc) is 3.84. The molecule has 2 aromatic heterocycles. The van der Waals surface area contributed by atoms with E-state index in [-0.39, 0.29) is 17.6 Å². The third-order valence-electron chi connectivity index (χ3n) is 9.07. The second-order valence-electron chi connectivity index (χ2n) is 14.1. The van der Waals surface area contributed by atoms with Crippen LogP contribution in [0.15, 0.2) is 36.4 Å². The minimum absolute atomic E-state index is 0.109. The van der Waals surface area contributed by atoms with Gasteiger partial charge in [-0.15, -0.1) is 22.7 Å². The van der Waals surface area contributed by atoms with Crippen LogP contribution in [-0.2, 0) is 47.4 Å². The van der Waals surface area contributed by atoms with E-state index < -0.39 is 0 Å². The van der Waals surface area contributed by atoms with Crippen molar-refractivity contribution in [3.63, 3.8) is 0 Å². The number of ether oxygens (including phenoxy) is 9. The van der Waals surface area contributed by atoms with Crippen LogP contribution < -0.4 is 10.6 Å². The van der Waals surface area contributed by atoms with Crippen molar-refractivity contribution in [3.05, 3.63) is 57.5 Å². The summed E-state index contributed by atoms with van der Waals surface area (Å²) >= 11 is 3.14. The lowest BCUT2D eigenvalue weighted by Crippen LogP contribution is -2.34. The van der Waals surface area contributed by atoms with Gasteiger partial charge in [0.25, 0.3) is 11.8 Å². The van der Waals surface area contributed by atoms with Crippen LogP contribution in [0, 0.1) is 13.8 Å². The summed E-state index contributed by atoms with van der Waals surface area (Å²) < 4.78 is 52.8. The summed E-state index contributed by atoms with van der Waals surface area (Å²) in [5, 5.41) is 7.71. The second kappa shape index (κ2) is 32.1. The van der Waals surface area contributed by atoms with Crippen LogP contribution in [0.5, 0.6) is 0 Å². The normalized spacial score (nSPS) is 11.6. The maximum absolute atomic E-state index is 12.5. The third-order valence-corrected chi connectivity index (χ3v) is 10.9. The number of rotatable bonds is 38. The minimum Gasteiger partial charge on any atom is -0.379 e. The van der Waals surface area contributed by atoms with Crippen LogP contribution in [0.4, 0.5) is 0 Å². The van der Waals surface area contributed by atoms with Crippen molar-refractivity contribution in [3.8, 4) is 0 Å². The molecule has 350 valence electrons. The zero-order valence-corrected chi connectivity index (χ0v) is 38.6. The van der Waals surface area contributed by atoms with Crippen molar-refractivity contribution in [2.45, 2.75) is 27.2 Å². The number of benzene rings is 2. The highest BCUT2D eigenvalue weighted by Crippen LogP contribution is 2.23. The van der Waals surface area contributed by atoms with Crippen LogP contribution in [0.3, 0.4) is 0 Å². The number of thiazole rings is 2. The Morgan fingerprint density at radius 3 is 1.19 bits per heavy atom. The van der Waals surface area contributed by atoms with Gasteiger partial charge in [0.05, 0.1) is 149 Å². The largest absolute Gasteiger partial charge is 0.379 e. The quantitative estimate of drug-likeness (QED) is 0.0612. The van der Waals surface area contributed by atoms with Crippen molar-refractivity contribution < 1.29 is 57.0 Å². The summed E-state index contributed by atoms with van der Waals surface area (Å²) in [7, 11) is 0. The summed E-state index contributed by atoms with van der Waals surface area (Å²) in [5.74, 6) is -0.164. The van der Waals surface area contributed by atoms with E-state index in [4.69, 9.17) is 42.6 Å². The number of nitrogens with zero attached hydrogens (tertiary/aromatic N) is 3. The van der Waals surface area contributed by atoms with Gasteiger partial charge in [0.1, 0.15) is 5.78 Å². The fourth-order valence-corrected chi connectivity index (χ4v) is 7.53. The van der Waals surface area contributed by atoms with E-state index in [0.29, 0.717) is 169 Å². The van der Waals surface area contributed by atoms with E-state index in [1.807, 2.05) is 38.1 Å². The molecule has 0 radical (unpaired) electrons. The smallest absolute Gasteiger partial charge is 0.251 e. The first kappa shape index (κ1) is 52.1. The molecule has 0 aliphatic heterocycles. The van der Waals surface area contributed by atoms with Gasteiger partial charge >= 0.3 is 0 Å². The maximum atomic E-state index is 12.5.